The molecule has 5 nitrogen and oxygen atoms in total. The van der Waals surface area contributed by atoms with Crippen molar-refractivity contribution in [2.45, 2.75) is 33.1 Å². The Balaban J connectivity index is 1.56. The summed E-state index contributed by atoms with van der Waals surface area (Å²) in [7, 11) is 0. The maximum Gasteiger partial charge on any atom is 0.223 e. The minimum atomic E-state index is -0.0292. The lowest BCUT2D eigenvalue weighted by Gasteiger charge is -2.35. The van der Waals surface area contributed by atoms with Crippen molar-refractivity contribution in [2.24, 2.45) is 11.8 Å². The molecule has 1 saturated heterocycles. The summed E-state index contributed by atoms with van der Waals surface area (Å²) < 4.78 is 11.0. The number of amides is 1. The topological polar surface area (TPSA) is 55.8 Å². The molecule has 0 aliphatic carbocycles. The summed E-state index contributed by atoms with van der Waals surface area (Å²) in [5.74, 6) is 2.40. The molecule has 0 N–H and O–H groups in total. The molecule has 1 aromatic rings. The number of piperidine rings is 1. The Labute approximate surface area is 142 Å². The van der Waals surface area contributed by atoms with Gasteiger partial charge < -0.3 is 14.4 Å². The van der Waals surface area contributed by atoms with Crippen molar-refractivity contribution in [3.8, 4) is 11.5 Å². The summed E-state index contributed by atoms with van der Waals surface area (Å²) in [4.78, 5) is 26.7. The van der Waals surface area contributed by atoms with Crippen molar-refractivity contribution in [2.75, 3.05) is 26.3 Å². The SMILES string of the molecule is CC1CC(C)CN(C(=O)CCC(=O)c2ccc3c(c2)OCCO3)C1. The van der Waals surface area contributed by atoms with Gasteiger partial charge in [0.2, 0.25) is 5.91 Å². The molecular weight excluding hydrogens is 306 g/mol. The molecule has 24 heavy (non-hydrogen) atoms. The van der Waals surface area contributed by atoms with Gasteiger partial charge in [-0.2, -0.15) is 0 Å². The van der Waals surface area contributed by atoms with Gasteiger partial charge in [-0.1, -0.05) is 13.8 Å². The van der Waals surface area contributed by atoms with Gasteiger partial charge in [-0.05, 0) is 36.5 Å². The van der Waals surface area contributed by atoms with E-state index in [-0.39, 0.29) is 24.5 Å². The highest BCUT2D eigenvalue weighted by molar-refractivity contribution is 5.98. The predicted molar refractivity (Wildman–Crippen MR) is 90.5 cm³/mol. The maximum absolute atomic E-state index is 12.4. The monoisotopic (exact) mass is 331 g/mol. The van der Waals surface area contributed by atoms with E-state index < -0.39 is 0 Å². The van der Waals surface area contributed by atoms with Crippen LogP contribution in [0.4, 0.5) is 0 Å². The van der Waals surface area contributed by atoms with Gasteiger partial charge in [0.25, 0.3) is 0 Å². The standard InChI is InChI=1S/C19H25NO4/c1-13-9-14(2)12-20(11-13)19(22)6-4-16(21)15-3-5-17-18(10-15)24-8-7-23-17/h3,5,10,13-14H,4,6-9,11-12H2,1-2H3. The van der Waals surface area contributed by atoms with Gasteiger partial charge in [0.15, 0.2) is 17.3 Å². The summed E-state index contributed by atoms with van der Waals surface area (Å²) in [6.45, 7) is 6.99. The van der Waals surface area contributed by atoms with Crippen LogP contribution >= 0.6 is 0 Å². The van der Waals surface area contributed by atoms with Gasteiger partial charge in [0.05, 0.1) is 0 Å². The Bertz CT molecular complexity index is 618. The number of Topliss-reactive ketones (excluding diaryl/α,β-unsaturated/α-hetero) is 1. The lowest BCUT2D eigenvalue weighted by Crippen LogP contribution is -2.42. The quantitative estimate of drug-likeness (QED) is 0.796. The van der Waals surface area contributed by atoms with Gasteiger partial charge in [-0.15, -0.1) is 0 Å². The molecule has 2 heterocycles. The Morgan fingerprint density at radius 2 is 1.71 bits per heavy atom. The van der Waals surface area contributed by atoms with Crippen molar-refractivity contribution in [1.82, 2.24) is 4.90 Å². The first-order valence-electron chi connectivity index (χ1n) is 8.73. The third-order valence-electron chi connectivity index (χ3n) is 4.65. The predicted octanol–water partition coefficient (Wildman–Crippen LogP) is 2.93. The highest BCUT2D eigenvalue weighted by Crippen LogP contribution is 2.31. The van der Waals surface area contributed by atoms with E-state index in [0.717, 1.165) is 13.1 Å². The van der Waals surface area contributed by atoms with E-state index in [4.69, 9.17) is 9.47 Å². The number of carbonyl (C=O) groups excluding carboxylic acids is 2. The fraction of sp³-hybridized carbons (Fsp3) is 0.579. The number of nitrogens with zero attached hydrogens (tertiary/aromatic N) is 1. The molecular formula is C19H25NO4. The highest BCUT2D eigenvalue weighted by atomic mass is 16.6. The Kier molecular flexibility index (Phi) is 5.07. The van der Waals surface area contributed by atoms with Crippen molar-refractivity contribution in [3.05, 3.63) is 23.8 Å². The Morgan fingerprint density at radius 3 is 2.42 bits per heavy atom. The van der Waals surface area contributed by atoms with E-state index in [0.29, 0.717) is 42.1 Å². The van der Waals surface area contributed by atoms with Crippen LogP contribution < -0.4 is 9.47 Å². The summed E-state index contributed by atoms with van der Waals surface area (Å²) in [6, 6.07) is 5.22. The van der Waals surface area contributed by atoms with Crippen LogP contribution in [-0.2, 0) is 4.79 Å². The van der Waals surface area contributed by atoms with Crippen LogP contribution in [0.2, 0.25) is 0 Å². The van der Waals surface area contributed by atoms with E-state index in [1.54, 1.807) is 18.2 Å². The summed E-state index contributed by atoms with van der Waals surface area (Å²) in [5.41, 5.74) is 0.576. The molecule has 1 fully saturated rings. The zero-order valence-electron chi connectivity index (χ0n) is 14.4. The molecule has 2 aliphatic rings. The van der Waals surface area contributed by atoms with Crippen LogP contribution in [0.5, 0.6) is 11.5 Å². The Hall–Kier alpha value is -2.04. The maximum atomic E-state index is 12.4. The molecule has 0 bridgehead atoms. The highest BCUT2D eigenvalue weighted by Gasteiger charge is 2.25. The molecule has 0 spiro atoms. The largest absolute Gasteiger partial charge is 0.486 e. The van der Waals surface area contributed by atoms with Crippen molar-refractivity contribution < 1.29 is 19.1 Å². The molecule has 3 rings (SSSR count). The first-order valence-corrected chi connectivity index (χ1v) is 8.73. The van der Waals surface area contributed by atoms with E-state index in [1.807, 2.05) is 4.90 Å². The van der Waals surface area contributed by atoms with Crippen LogP contribution in [0.3, 0.4) is 0 Å². The second kappa shape index (κ2) is 7.24. The summed E-state index contributed by atoms with van der Waals surface area (Å²) >= 11 is 0. The van der Waals surface area contributed by atoms with Gasteiger partial charge in [-0.25, -0.2) is 0 Å². The number of carbonyl (C=O) groups is 2. The summed E-state index contributed by atoms with van der Waals surface area (Å²) in [5, 5.41) is 0. The zero-order chi connectivity index (χ0) is 17.1. The number of benzene rings is 1. The van der Waals surface area contributed by atoms with Crippen molar-refractivity contribution >= 4 is 11.7 Å². The van der Waals surface area contributed by atoms with Gasteiger partial charge >= 0.3 is 0 Å². The number of likely N-dealkylation sites (tertiary alicyclic amines) is 1. The van der Waals surface area contributed by atoms with E-state index >= 15 is 0 Å². The zero-order valence-corrected chi connectivity index (χ0v) is 14.4. The molecule has 0 radical (unpaired) electrons. The van der Waals surface area contributed by atoms with Gasteiger partial charge in [0.1, 0.15) is 13.2 Å². The minimum Gasteiger partial charge on any atom is -0.486 e. The van der Waals surface area contributed by atoms with Crippen LogP contribution in [0, 0.1) is 11.8 Å². The van der Waals surface area contributed by atoms with Crippen LogP contribution in [0.15, 0.2) is 18.2 Å². The molecule has 5 heteroatoms. The van der Waals surface area contributed by atoms with E-state index in [2.05, 4.69) is 13.8 Å². The number of ketones is 1. The Morgan fingerprint density at radius 1 is 1.04 bits per heavy atom. The molecule has 2 unspecified atom stereocenters. The lowest BCUT2D eigenvalue weighted by molar-refractivity contribution is -0.133. The minimum absolute atomic E-state index is 0.0292. The smallest absolute Gasteiger partial charge is 0.223 e. The summed E-state index contributed by atoms with van der Waals surface area (Å²) in [6.07, 6.45) is 1.67. The normalized spacial score (nSPS) is 23.0. The van der Waals surface area contributed by atoms with Crippen molar-refractivity contribution in [3.63, 3.8) is 0 Å². The molecule has 1 amide bonds. The molecule has 1 aromatic carbocycles. The number of hydrogen-bond donors (Lipinski definition) is 0. The first kappa shape index (κ1) is 16.8. The number of fused-ring (bicyclic) bond motifs is 1. The molecule has 0 aromatic heterocycles. The number of hydrogen-bond acceptors (Lipinski definition) is 4. The second-order valence-corrected chi connectivity index (χ2v) is 7.03. The van der Waals surface area contributed by atoms with Gasteiger partial charge in [-0.3, -0.25) is 9.59 Å². The first-order chi connectivity index (χ1) is 11.5. The number of rotatable bonds is 4. The average Bonchev–Trinajstić information content (AvgIpc) is 2.58. The average molecular weight is 331 g/mol. The fourth-order valence-electron chi connectivity index (χ4n) is 3.61. The van der Waals surface area contributed by atoms with Crippen molar-refractivity contribution in [1.29, 1.82) is 0 Å². The molecule has 2 atom stereocenters. The van der Waals surface area contributed by atoms with Crippen LogP contribution in [-0.4, -0.2) is 42.9 Å². The van der Waals surface area contributed by atoms with E-state index in [9.17, 15) is 9.59 Å². The third kappa shape index (κ3) is 3.89. The van der Waals surface area contributed by atoms with Gasteiger partial charge in [0, 0.05) is 31.5 Å². The number of ether oxygens (including phenoxy) is 2. The lowest BCUT2D eigenvalue weighted by atomic mass is 9.91. The molecule has 2 aliphatic heterocycles. The van der Waals surface area contributed by atoms with Crippen LogP contribution in [0.1, 0.15) is 43.5 Å². The molecule has 130 valence electrons. The third-order valence-corrected chi connectivity index (χ3v) is 4.65. The van der Waals surface area contributed by atoms with Crippen LogP contribution in [0.25, 0.3) is 0 Å². The molecule has 0 saturated carbocycles. The fourth-order valence-corrected chi connectivity index (χ4v) is 3.61. The van der Waals surface area contributed by atoms with E-state index in [1.165, 1.54) is 6.42 Å². The second-order valence-electron chi connectivity index (χ2n) is 7.03.